The quantitative estimate of drug-likeness (QED) is 0.787. The van der Waals surface area contributed by atoms with Gasteiger partial charge < -0.3 is 5.73 Å². The van der Waals surface area contributed by atoms with Gasteiger partial charge in [0, 0.05) is 28.4 Å². The largest absolute Gasteiger partial charge is 0.327 e. The second-order valence-corrected chi connectivity index (χ2v) is 5.78. The van der Waals surface area contributed by atoms with Gasteiger partial charge in [-0.3, -0.25) is 4.98 Å². The molecule has 1 unspecified atom stereocenters. The molecule has 1 atom stereocenters. The molecule has 0 fully saturated rings. The van der Waals surface area contributed by atoms with Crippen molar-refractivity contribution >= 4 is 22.2 Å². The van der Waals surface area contributed by atoms with Gasteiger partial charge in [-0.05, 0) is 30.0 Å². The Hall–Kier alpha value is -1.71. The highest BCUT2D eigenvalue weighted by molar-refractivity contribution is 7.09. The van der Waals surface area contributed by atoms with Crippen LogP contribution in [0.25, 0.3) is 10.9 Å². The topological polar surface area (TPSA) is 38.9 Å². The predicted octanol–water partition coefficient (Wildman–Crippen LogP) is 3.41. The molecule has 2 nitrogen and oxygen atoms in total. The number of hydrogen-bond acceptors (Lipinski definition) is 3. The monoisotopic (exact) mass is 268 g/mol. The molecular weight excluding hydrogens is 252 g/mol. The van der Waals surface area contributed by atoms with Crippen LogP contribution < -0.4 is 5.73 Å². The summed E-state index contributed by atoms with van der Waals surface area (Å²) in [6, 6.07) is 16.7. The Kier molecular flexibility index (Phi) is 3.58. The van der Waals surface area contributed by atoms with Crippen molar-refractivity contribution in [1.82, 2.24) is 4.98 Å². The molecule has 3 heteroatoms. The van der Waals surface area contributed by atoms with Crippen molar-refractivity contribution in [2.45, 2.75) is 18.9 Å². The van der Waals surface area contributed by atoms with E-state index in [4.69, 9.17) is 5.73 Å². The van der Waals surface area contributed by atoms with Crippen LogP contribution in [-0.2, 0) is 12.8 Å². The van der Waals surface area contributed by atoms with Gasteiger partial charge in [0.05, 0.1) is 5.52 Å². The molecule has 2 aromatic heterocycles. The summed E-state index contributed by atoms with van der Waals surface area (Å²) in [6.45, 7) is 0. The van der Waals surface area contributed by atoms with Gasteiger partial charge in [-0.15, -0.1) is 11.3 Å². The summed E-state index contributed by atoms with van der Waals surface area (Å²) in [7, 11) is 0. The van der Waals surface area contributed by atoms with Crippen LogP contribution in [0.15, 0.2) is 53.9 Å². The van der Waals surface area contributed by atoms with Crippen molar-refractivity contribution < 1.29 is 0 Å². The van der Waals surface area contributed by atoms with Crippen molar-refractivity contribution in [2.24, 2.45) is 5.73 Å². The average Bonchev–Trinajstić information content (AvgIpc) is 2.91. The van der Waals surface area contributed by atoms with Crippen molar-refractivity contribution in [3.63, 3.8) is 0 Å². The third kappa shape index (κ3) is 3.00. The van der Waals surface area contributed by atoms with Gasteiger partial charge in [0.1, 0.15) is 0 Å². The van der Waals surface area contributed by atoms with E-state index in [-0.39, 0.29) is 6.04 Å². The zero-order chi connectivity index (χ0) is 13.1. The number of para-hydroxylation sites is 1. The molecular formula is C16H16N2S. The average molecular weight is 268 g/mol. The molecule has 0 bridgehead atoms. The number of nitrogens with zero attached hydrogens (tertiary/aromatic N) is 1. The zero-order valence-electron chi connectivity index (χ0n) is 10.6. The van der Waals surface area contributed by atoms with Crippen molar-refractivity contribution in [1.29, 1.82) is 0 Å². The molecule has 19 heavy (non-hydrogen) atoms. The summed E-state index contributed by atoms with van der Waals surface area (Å²) >= 11 is 1.76. The number of hydrogen-bond donors (Lipinski definition) is 1. The third-order valence-corrected chi connectivity index (χ3v) is 4.07. The number of aromatic nitrogens is 1. The second-order valence-electron chi connectivity index (χ2n) is 4.74. The van der Waals surface area contributed by atoms with Gasteiger partial charge in [0.15, 0.2) is 0 Å². The maximum absolute atomic E-state index is 6.21. The highest BCUT2D eigenvalue weighted by Crippen LogP contribution is 2.15. The molecule has 3 aromatic rings. The van der Waals surface area contributed by atoms with Crippen molar-refractivity contribution in [2.75, 3.05) is 0 Å². The van der Waals surface area contributed by atoms with Crippen LogP contribution in [-0.4, -0.2) is 11.0 Å². The van der Waals surface area contributed by atoms with E-state index in [1.165, 1.54) is 10.3 Å². The van der Waals surface area contributed by atoms with E-state index in [9.17, 15) is 0 Å². The van der Waals surface area contributed by atoms with Crippen LogP contribution in [0.2, 0.25) is 0 Å². The number of benzene rings is 1. The Morgan fingerprint density at radius 2 is 1.89 bits per heavy atom. The fourth-order valence-corrected chi connectivity index (χ4v) is 3.05. The van der Waals surface area contributed by atoms with E-state index in [1.807, 2.05) is 18.2 Å². The first-order chi connectivity index (χ1) is 9.31. The van der Waals surface area contributed by atoms with E-state index in [0.717, 1.165) is 24.1 Å². The Morgan fingerprint density at radius 1 is 1.00 bits per heavy atom. The molecule has 0 amide bonds. The minimum atomic E-state index is 0.132. The number of pyridine rings is 1. The van der Waals surface area contributed by atoms with Crippen LogP contribution in [0.1, 0.15) is 10.6 Å². The molecule has 0 aliphatic carbocycles. The highest BCUT2D eigenvalue weighted by atomic mass is 32.1. The SMILES string of the molecule is NC(Cc1ccc2ccccc2n1)Cc1cccs1. The minimum Gasteiger partial charge on any atom is -0.327 e. The lowest BCUT2D eigenvalue weighted by atomic mass is 10.1. The molecule has 0 aliphatic heterocycles. The van der Waals surface area contributed by atoms with E-state index >= 15 is 0 Å². The summed E-state index contributed by atoms with van der Waals surface area (Å²) < 4.78 is 0. The van der Waals surface area contributed by atoms with Gasteiger partial charge in [-0.2, -0.15) is 0 Å². The number of fused-ring (bicyclic) bond motifs is 1. The van der Waals surface area contributed by atoms with Gasteiger partial charge >= 0.3 is 0 Å². The van der Waals surface area contributed by atoms with Gasteiger partial charge in [0.2, 0.25) is 0 Å². The Labute approximate surface area is 116 Å². The molecule has 3 rings (SSSR count). The third-order valence-electron chi connectivity index (χ3n) is 3.17. The van der Waals surface area contributed by atoms with Crippen LogP contribution in [0, 0.1) is 0 Å². The zero-order valence-corrected chi connectivity index (χ0v) is 11.4. The Morgan fingerprint density at radius 3 is 2.74 bits per heavy atom. The van der Waals surface area contributed by atoms with E-state index in [2.05, 4.69) is 40.7 Å². The first-order valence-electron chi connectivity index (χ1n) is 6.44. The van der Waals surface area contributed by atoms with Crippen molar-refractivity contribution in [3.05, 3.63) is 64.5 Å². The molecule has 1 aromatic carbocycles. The number of rotatable bonds is 4. The predicted molar refractivity (Wildman–Crippen MR) is 81.4 cm³/mol. The maximum Gasteiger partial charge on any atom is 0.0705 e. The molecule has 0 radical (unpaired) electrons. The van der Waals surface area contributed by atoms with Crippen LogP contribution >= 0.6 is 11.3 Å². The van der Waals surface area contributed by atoms with Crippen LogP contribution in [0.4, 0.5) is 0 Å². The molecule has 2 heterocycles. The Balaban J connectivity index is 1.73. The normalized spacial score (nSPS) is 12.7. The van der Waals surface area contributed by atoms with Gasteiger partial charge in [0.25, 0.3) is 0 Å². The molecule has 0 spiro atoms. The first kappa shape index (κ1) is 12.3. The van der Waals surface area contributed by atoms with Gasteiger partial charge in [-0.25, -0.2) is 0 Å². The van der Waals surface area contributed by atoms with E-state index in [0.29, 0.717) is 0 Å². The molecule has 2 N–H and O–H groups in total. The van der Waals surface area contributed by atoms with Gasteiger partial charge in [-0.1, -0.05) is 30.3 Å². The standard InChI is InChI=1S/C16H16N2S/c17-13(11-15-5-3-9-19-15)10-14-8-7-12-4-1-2-6-16(12)18-14/h1-9,13H,10-11,17H2. The Bertz CT molecular complexity index is 661. The minimum absolute atomic E-state index is 0.132. The lowest BCUT2D eigenvalue weighted by molar-refractivity contribution is 0.661. The molecule has 0 saturated carbocycles. The smallest absolute Gasteiger partial charge is 0.0705 e. The number of thiophene rings is 1. The summed E-state index contributed by atoms with van der Waals surface area (Å²) in [6.07, 6.45) is 1.74. The maximum atomic E-state index is 6.21. The first-order valence-corrected chi connectivity index (χ1v) is 7.32. The second kappa shape index (κ2) is 5.51. The van der Waals surface area contributed by atoms with E-state index in [1.54, 1.807) is 11.3 Å². The molecule has 0 saturated heterocycles. The molecule has 96 valence electrons. The molecule has 0 aliphatic rings. The summed E-state index contributed by atoms with van der Waals surface area (Å²) in [5, 5.41) is 3.27. The van der Waals surface area contributed by atoms with E-state index < -0.39 is 0 Å². The summed E-state index contributed by atoms with van der Waals surface area (Å²) in [5.74, 6) is 0. The van der Waals surface area contributed by atoms with Crippen LogP contribution in [0.3, 0.4) is 0 Å². The fourth-order valence-electron chi connectivity index (χ4n) is 2.25. The van der Waals surface area contributed by atoms with Crippen molar-refractivity contribution in [3.8, 4) is 0 Å². The summed E-state index contributed by atoms with van der Waals surface area (Å²) in [5.41, 5.74) is 8.32. The fraction of sp³-hybridized carbons (Fsp3) is 0.188. The lowest BCUT2D eigenvalue weighted by Gasteiger charge is -2.10. The lowest BCUT2D eigenvalue weighted by Crippen LogP contribution is -2.25. The van der Waals surface area contributed by atoms with Crippen LogP contribution in [0.5, 0.6) is 0 Å². The summed E-state index contributed by atoms with van der Waals surface area (Å²) in [4.78, 5) is 6.01. The number of nitrogens with two attached hydrogens (primary N) is 1. The highest BCUT2D eigenvalue weighted by Gasteiger charge is 2.07.